The minimum atomic E-state index is 0.245. The molecule has 16 heavy (non-hydrogen) atoms. The van der Waals surface area contributed by atoms with Gasteiger partial charge in [0.05, 0.1) is 6.42 Å². The van der Waals surface area contributed by atoms with Gasteiger partial charge in [0.1, 0.15) is 0 Å². The summed E-state index contributed by atoms with van der Waals surface area (Å²) in [5.74, 6) is 1.02. The topological polar surface area (TPSA) is 20.3 Å². The van der Waals surface area contributed by atoms with Crippen molar-refractivity contribution in [2.75, 3.05) is 7.05 Å². The standard InChI is InChI=1S/C13H17NOS/c1-14-13(15)8-11-6-9-4-2-3-5-10(9)7-12(11)16-14/h6,10H,2-5,7-8H2,1H3. The van der Waals surface area contributed by atoms with Crippen molar-refractivity contribution in [2.24, 2.45) is 5.92 Å². The van der Waals surface area contributed by atoms with Gasteiger partial charge in [-0.25, -0.2) is 0 Å². The fraction of sp³-hybridized carbons (Fsp3) is 0.615. The molecule has 1 heterocycles. The van der Waals surface area contributed by atoms with Crippen molar-refractivity contribution in [1.82, 2.24) is 4.31 Å². The van der Waals surface area contributed by atoms with Crippen LogP contribution >= 0.6 is 11.9 Å². The molecule has 0 radical (unpaired) electrons. The van der Waals surface area contributed by atoms with Gasteiger partial charge < -0.3 is 0 Å². The Labute approximate surface area is 101 Å². The van der Waals surface area contributed by atoms with E-state index in [4.69, 9.17) is 0 Å². The molecule has 0 N–H and O–H groups in total. The van der Waals surface area contributed by atoms with Gasteiger partial charge >= 0.3 is 0 Å². The zero-order valence-corrected chi connectivity index (χ0v) is 10.5. The molecule has 1 amide bonds. The lowest BCUT2D eigenvalue weighted by Gasteiger charge is -2.34. The number of rotatable bonds is 0. The minimum absolute atomic E-state index is 0.245. The summed E-state index contributed by atoms with van der Waals surface area (Å²) in [6.45, 7) is 0. The molecule has 0 aromatic carbocycles. The van der Waals surface area contributed by atoms with E-state index in [2.05, 4.69) is 6.08 Å². The number of hydrogen-bond donors (Lipinski definition) is 0. The Hall–Kier alpha value is -0.700. The number of carbonyl (C=O) groups excluding carboxylic acids is 1. The molecule has 3 rings (SSSR count). The first-order valence-electron chi connectivity index (χ1n) is 6.11. The van der Waals surface area contributed by atoms with Crippen LogP contribution in [0.3, 0.4) is 0 Å². The second-order valence-electron chi connectivity index (χ2n) is 4.97. The Morgan fingerprint density at radius 3 is 3.19 bits per heavy atom. The third-order valence-electron chi connectivity index (χ3n) is 3.88. The summed E-state index contributed by atoms with van der Waals surface area (Å²) >= 11 is 1.65. The molecule has 1 aliphatic heterocycles. The molecule has 0 bridgehead atoms. The first-order chi connectivity index (χ1) is 7.74. The highest BCUT2D eigenvalue weighted by Crippen LogP contribution is 2.45. The second-order valence-corrected chi connectivity index (χ2v) is 6.20. The fourth-order valence-corrected chi connectivity index (χ4v) is 3.95. The van der Waals surface area contributed by atoms with Crippen molar-refractivity contribution in [3.05, 3.63) is 22.1 Å². The molecule has 0 saturated heterocycles. The minimum Gasteiger partial charge on any atom is -0.285 e. The lowest BCUT2D eigenvalue weighted by molar-refractivity contribution is -0.124. The molecule has 3 heteroatoms. The molecule has 3 aliphatic rings. The van der Waals surface area contributed by atoms with Gasteiger partial charge in [-0.3, -0.25) is 9.10 Å². The summed E-state index contributed by atoms with van der Waals surface area (Å²) in [6, 6.07) is 0. The van der Waals surface area contributed by atoms with Gasteiger partial charge in [-0.15, -0.1) is 0 Å². The molecule has 2 nitrogen and oxygen atoms in total. The smallest absolute Gasteiger partial charge is 0.236 e. The van der Waals surface area contributed by atoms with E-state index < -0.39 is 0 Å². The van der Waals surface area contributed by atoms with E-state index in [-0.39, 0.29) is 5.91 Å². The Kier molecular flexibility index (Phi) is 2.58. The lowest BCUT2D eigenvalue weighted by Crippen LogP contribution is -2.27. The third kappa shape index (κ3) is 1.71. The first-order valence-corrected chi connectivity index (χ1v) is 6.88. The number of carbonyl (C=O) groups is 1. The van der Waals surface area contributed by atoms with Crippen LogP contribution in [-0.4, -0.2) is 17.3 Å². The maximum atomic E-state index is 11.7. The van der Waals surface area contributed by atoms with Crippen molar-refractivity contribution < 1.29 is 4.79 Å². The van der Waals surface area contributed by atoms with Gasteiger partial charge in [-0.2, -0.15) is 0 Å². The number of hydrogen-bond acceptors (Lipinski definition) is 2. The predicted octanol–water partition coefficient (Wildman–Crippen LogP) is 3.27. The molecule has 1 saturated carbocycles. The molecule has 0 aromatic rings. The Bertz CT molecular complexity index is 397. The van der Waals surface area contributed by atoms with Crippen LogP contribution in [0.2, 0.25) is 0 Å². The Morgan fingerprint density at radius 1 is 1.44 bits per heavy atom. The average Bonchev–Trinajstić information content (AvgIpc) is 2.28. The van der Waals surface area contributed by atoms with Crippen LogP contribution in [0, 0.1) is 5.92 Å². The van der Waals surface area contributed by atoms with Gasteiger partial charge in [0, 0.05) is 12.0 Å². The van der Waals surface area contributed by atoms with E-state index in [1.54, 1.807) is 21.8 Å². The highest BCUT2D eigenvalue weighted by molar-refractivity contribution is 8.01. The van der Waals surface area contributed by atoms with Crippen LogP contribution in [0.1, 0.15) is 38.5 Å². The van der Waals surface area contributed by atoms with Crippen molar-refractivity contribution in [3.63, 3.8) is 0 Å². The molecule has 2 aliphatic carbocycles. The molecule has 0 spiro atoms. The molecular weight excluding hydrogens is 218 g/mol. The van der Waals surface area contributed by atoms with Crippen molar-refractivity contribution >= 4 is 17.9 Å². The van der Waals surface area contributed by atoms with E-state index in [0.29, 0.717) is 6.42 Å². The summed E-state index contributed by atoms with van der Waals surface area (Å²) < 4.78 is 1.79. The van der Waals surface area contributed by atoms with E-state index in [9.17, 15) is 4.79 Å². The Balaban J connectivity index is 1.90. The van der Waals surface area contributed by atoms with Gasteiger partial charge in [-0.05, 0) is 49.1 Å². The summed E-state index contributed by atoms with van der Waals surface area (Å²) in [5.41, 5.74) is 2.92. The van der Waals surface area contributed by atoms with Crippen LogP contribution in [-0.2, 0) is 4.79 Å². The molecule has 0 aromatic heterocycles. The highest BCUT2D eigenvalue weighted by atomic mass is 32.2. The van der Waals surface area contributed by atoms with E-state index in [1.807, 2.05) is 7.05 Å². The molecule has 1 atom stereocenters. The lowest BCUT2D eigenvalue weighted by atomic mass is 9.78. The first kappa shape index (κ1) is 10.5. The number of fused-ring (bicyclic) bond motifs is 1. The van der Waals surface area contributed by atoms with Gasteiger partial charge in [0.25, 0.3) is 0 Å². The van der Waals surface area contributed by atoms with E-state index >= 15 is 0 Å². The van der Waals surface area contributed by atoms with E-state index in [0.717, 1.165) is 5.92 Å². The predicted molar refractivity (Wildman–Crippen MR) is 66.7 cm³/mol. The zero-order chi connectivity index (χ0) is 11.1. The summed E-state index contributed by atoms with van der Waals surface area (Å²) in [6.07, 6.45) is 9.46. The maximum Gasteiger partial charge on any atom is 0.236 e. The van der Waals surface area contributed by atoms with E-state index in [1.165, 1.54) is 42.6 Å². The van der Waals surface area contributed by atoms with Crippen LogP contribution in [0.15, 0.2) is 22.1 Å². The van der Waals surface area contributed by atoms with Gasteiger partial charge in [0.2, 0.25) is 5.91 Å². The number of amides is 1. The Morgan fingerprint density at radius 2 is 2.31 bits per heavy atom. The normalized spacial score (nSPS) is 29.8. The highest BCUT2D eigenvalue weighted by Gasteiger charge is 2.30. The van der Waals surface area contributed by atoms with Crippen LogP contribution < -0.4 is 0 Å². The monoisotopic (exact) mass is 235 g/mol. The number of nitrogens with zero attached hydrogens (tertiary/aromatic N) is 1. The third-order valence-corrected chi connectivity index (χ3v) is 5.01. The number of allylic oxidation sites excluding steroid dienone is 3. The SMILES string of the molecule is CN1SC2=C(C=C3CCCCC3C2)CC1=O. The van der Waals surface area contributed by atoms with Crippen LogP contribution in [0.5, 0.6) is 0 Å². The zero-order valence-electron chi connectivity index (χ0n) is 9.66. The molecule has 1 unspecified atom stereocenters. The maximum absolute atomic E-state index is 11.7. The summed E-state index contributed by atoms with van der Waals surface area (Å²) in [5, 5.41) is 0. The van der Waals surface area contributed by atoms with Crippen molar-refractivity contribution in [1.29, 1.82) is 0 Å². The second kappa shape index (κ2) is 3.95. The van der Waals surface area contributed by atoms with Crippen LogP contribution in [0.25, 0.3) is 0 Å². The van der Waals surface area contributed by atoms with Crippen molar-refractivity contribution in [2.45, 2.75) is 38.5 Å². The summed E-state index contributed by atoms with van der Waals surface area (Å²) in [7, 11) is 1.89. The molecule has 86 valence electrons. The van der Waals surface area contributed by atoms with Crippen molar-refractivity contribution in [3.8, 4) is 0 Å². The molecule has 1 fully saturated rings. The van der Waals surface area contributed by atoms with Gasteiger partial charge in [-0.1, -0.05) is 18.1 Å². The average molecular weight is 235 g/mol. The fourth-order valence-electron chi connectivity index (χ4n) is 2.93. The quantitative estimate of drug-likeness (QED) is 0.601. The largest absolute Gasteiger partial charge is 0.285 e. The summed E-state index contributed by atoms with van der Waals surface area (Å²) in [4.78, 5) is 13.1. The van der Waals surface area contributed by atoms with Crippen LogP contribution in [0.4, 0.5) is 0 Å². The van der Waals surface area contributed by atoms with Gasteiger partial charge in [0.15, 0.2) is 0 Å². The molecular formula is C13H17NOS.